The van der Waals surface area contributed by atoms with E-state index >= 15 is 0 Å². The molecule has 0 bridgehead atoms. The first-order chi connectivity index (χ1) is 14.5. The van der Waals surface area contributed by atoms with Gasteiger partial charge < -0.3 is 14.8 Å². The lowest BCUT2D eigenvalue weighted by molar-refractivity contribution is -0.114. The molecule has 1 aliphatic rings. The van der Waals surface area contributed by atoms with Gasteiger partial charge in [-0.05, 0) is 55.2 Å². The zero-order valence-electron chi connectivity index (χ0n) is 18.3. The van der Waals surface area contributed by atoms with Crippen molar-refractivity contribution in [3.8, 4) is 11.5 Å². The Morgan fingerprint density at radius 1 is 1.13 bits per heavy atom. The lowest BCUT2D eigenvalue weighted by atomic mass is 9.90. The molecule has 0 aliphatic carbocycles. The number of carbonyl (C=O) groups excluding carboxylic acids is 1. The van der Waals surface area contributed by atoms with Crippen LogP contribution < -0.4 is 14.8 Å². The number of amides is 1. The second kappa shape index (κ2) is 10.1. The summed E-state index contributed by atoms with van der Waals surface area (Å²) in [6.45, 7) is 5.54. The van der Waals surface area contributed by atoms with E-state index in [9.17, 15) is 4.79 Å². The zero-order chi connectivity index (χ0) is 21.5. The van der Waals surface area contributed by atoms with Gasteiger partial charge in [-0.3, -0.25) is 9.80 Å². The summed E-state index contributed by atoms with van der Waals surface area (Å²) in [4.78, 5) is 11.2. The Morgan fingerprint density at radius 2 is 1.87 bits per heavy atom. The van der Waals surface area contributed by atoms with Crippen LogP contribution in [0.2, 0.25) is 0 Å². The smallest absolute Gasteiger partial charge is 0.221 e. The van der Waals surface area contributed by atoms with Crippen LogP contribution in [0.15, 0.2) is 47.6 Å². The van der Waals surface area contributed by atoms with Gasteiger partial charge in [-0.15, -0.1) is 0 Å². The van der Waals surface area contributed by atoms with Crippen molar-refractivity contribution in [3.63, 3.8) is 0 Å². The van der Waals surface area contributed by atoms with E-state index in [0.29, 0.717) is 5.92 Å². The Hall–Kier alpha value is -3.02. The molecule has 160 valence electrons. The van der Waals surface area contributed by atoms with E-state index in [1.165, 1.54) is 12.5 Å². The molecule has 0 aromatic heterocycles. The van der Waals surface area contributed by atoms with Crippen LogP contribution in [0, 0.1) is 5.92 Å². The first-order valence-electron chi connectivity index (χ1n) is 10.5. The van der Waals surface area contributed by atoms with Gasteiger partial charge >= 0.3 is 0 Å². The maximum Gasteiger partial charge on any atom is 0.221 e. The molecule has 1 unspecified atom stereocenters. The maximum atomic E-state index is 11.2. The highest BCUT2D eigenvalue weighted by Crippen LogP contribution is 2.31. The van der Waals surface area contributed by atoms with Crippen LogP contribution in [-0.4, -0.2) is 43.9 Å². The summed E-state index contributed by atoms with van der Waals surface area (Å²) in [5.41, 5.74) is 4.25. The molecule has 1 N–H and O–H groups in total. The number of nitrogens with one attached hydrogen (secondary N) is 1. The van der Waals surface area contributed by atoms with E-state index in [4.69, 9.17) is 14.6 Å². The van der Waals surface area contributed by atoms with Crippen molar-refractivity contribution < 1.29 is 14.3 Å². The third-order valence-corrected chi connectivity index (χ3v) is 5.48. The Morgan fingerprint density at radius 3 is 2.50 bits per heavy atom. The molecule has 2 aromatic carbocycles. The van der Waals surface area contributed by atoms with E-state index in [0.717, 1.165) is 60.8 Å². The molecule has 0 radical (unpaired) electrons. The quantitative estimate of drug-likeness (QED) is 0.704. The standard InChI is InChI=1S/C24H31N3O3/c1-5-19-13-15-27(14-12-18-6-9-21(10-7-18)25-17(2)28)26-24(19)20-8-11-22(29-3)23(16-20)30-4/h6-11,16,19H,5,12-15H2,1-4H3,(H,25,28). The van der Waals surface area contributed by atoms with E-state index in [1.54, 1.807) is 14.2 Å². The number of anilines is 1. The maximum absolute atomic E-state index is 11.2. The monoisotopic (exact) mass is 409 g/mol. The van der Waals surface area contributed by atoms with Crippen LogP contribution in [-0.2, 0) is 11.2 Å². The molecule has 0 saturated carbocycles. The predicted octanol–water partition coefficient (Wildman–Crippen LogP) is 4.34. The summed E-state index contributed by atoms with van der Waals surface area (Å²) < 4.78 is 10.9. The van der Waals surface area contributed by atoms with E-state index in [1.807, 2.05) is 24.3 Å². The first-order valence-corrected chi connectivity index (χ1v) is 10.5. The number of nitrogens with zero attached hydrogens (tertiary/aromatic N) is 2. The van der Waals surface area contributed by atoms with Crippen molar-refractivity contribution >= 4 is 17.3 Å². The van der Waals surface area contributed by atoms with Gasteiger partial charge in [0.2, 0.25) is 5.91 Å². The van der Waals surface area contributed by atoms with E-state index < -0.39 is 0 Å². The molecule has 3 rings (SSSR count). The summed E-state index contributed by atoms with van der Waals surface area (Å²) in [6, 6.07) is 14.0. The van der Waals surface area contributed by atoms with E-state index in [2.05, 4.69) is 35.4 Å². The zero-order valence-corrected chi connectivity index (χ0v) is 18.3. The lowest BCUT2D eigenvalue weighted by Gasteiger charge is -2.31. The molecule has 30 heavy (non-hydrogen) atoms. The summed E-state index contributed by atoms with van der Waals surface area (Å²) in [7, 11) is 3.31. The minimum Gasteiger partial charge on any atom is -0.493 e. The van der Waals surface area contributed by atoms with Crippen molar-refractivity contribution in [2.24, 2.45) is 11.0 Å². The Kier molecular flexibility index (Phi) is 7.33. The van der Waals surface area contributed by atoms with Gasteiger partial charge in [0.15, 0.2) is 11.5 Å². The number of methoxy groups -OCH3 is 2. The molecule has 6 nitrogen and oxygen atoms in total. The fraction of sp³-hybridized carbons (Fsp3) is 0.417. The van der Waals surface area contributed by atoms with Crippen molar-refractivity contribution in [2.45, 2.75) is 33.1 Å². The molecular weight excluding hydrogens is 378 g/mol. The lowest BCUT2D eigenvalue weighted by Crippen LogP contribution is -2.33. The largest absolute Gasteiger partial charge is 0.493 e. The Labute approximate surface area is 178 Å². The number of ether oxygens (including phenoxy) is 2. The number of hydrogen-bond acceptors (Lipinski definition) is 5. The molecule has 1 atom stereocenters. The normalized spacial score (nSPS) is 16.1. The topological polar surface area (TPSA) is 63.2 Å². The van der Waals surface area contributed by atoms with Gasteiger partial charge in [0.1, 0.15) is 0 Å². The third kappa shape index (κ3) is 5.32. The molecular formula is C24H31N3O3. The number of rotatable bonds is 8. The van der Waals surface area contributed by atoms with Crippen LogP contribution in [0.1, 0.15) is 37.8 Å². The van der Waals surface area contributed by atoms with Gasteiger partial charge in [0, 0.05) is 37.2 Å². The fourth-order valence-electron chi connectivity index (χ4n) is 3.79. The highest BCUT2D eigenvalue weighted by atomic mass is 16.5. The van der Waals surface area contributed by atoms with Crippen LogP contribution in [0.5, 0.6) is 11.5 Å². The minimum absolute atomic E-state index is 0.0569. The second-order valence-corrected chi connectivity index (χ2v) is 7.53. The van der Waals surface area contributed by atoms with Crippen molar-refractivity contribution in [3.05, 3.63) is 53.6 Å². The molecule has 0 saturated heterocycles. The van der Waals surface area contributed by atoms with Crippen LogP contribution in [0.25, 0.3) is 0 Å². The van der Waals surface area contributed by atoms with Crippen LogP contribution in [0.4, 0.5) is 5.69 Å². The summed E-state index contributed by atoms with van der Waals surface area (Å²) in [5.74, 6) is 1.84. The van der Waals surface area contributed by atoms with Crippen molar-refractivity contribution in [1.29, 1.82) is 0 Å². The highest BCUT2D eigenvalue weighted by Gasteiger charge is 2.24. The van der Waals surface area contributed by atoms with E-state index in [-0.39, 0.29) is 5.91 Å². The molecule has 1 aliphatic heterocycles. The molecule has 6 heteroatoms. The molecule has 2 aromatic rings. The third-order valence-electron chi connectivity index (χ3n) is 5.48. The van der Waals surface area contributed by atoms with Gasteiger partial charge in [0.05, 0.1) is 19.9 Å². The molecule has 1 heterocycles. The Balaban J connectivity index is 1.73. The molecule has 0 fully saturated rings. The van der Waals surface area contributed by atoms with Crippen LogP contribution in [0.3, 0.4) is 0 Å². The fourth-order valence-corrected chi connectivity index (χ4v) is 3.79. The molecule has 0 spiro atoms. The van der Waals surface area contributed by atoms with Gasteiger partial charge in [0.25, 0.3) is 0 Å². The minimum atomic E-state index is -0.0569. The average molecular weight is 410 g/mol. The van der Waals surface area contributed by atoms with Gasteiger partial charge in [-0.25, -0.2) is 0 Å². The van der Waals surface area contributed by atoms with Crippen molar-refractivity contribution in [2.75, 3.05) is 32.6 Å². The van der Waals surface area contributed by atoms with Crippen LogP contribution >= 0.6 is 0 Å². The average Bonchev–Trinajstić information content (AvgIpc) is 2.77. The van der Waals surface area contributed by atoms with Gasteiger partial charge in [-0.1, -0.05) is 19.1 Å². The summed E-state index contributed by atoms with van der Waals surface area (Å²) in [5, 5.41) is 9.97. The van der Waals surface area contributed by atoms with Crippen molar-refractivity contribution in [1.82, 2.24) is 5.01 Å². The summed E-state index contributed by atoms with van der Waals surface area (Å²) in [6.07, 6.45) is 3.05. The number of hydrogen-bond donors (Lipinski definition) is 1. The number of hydrazone groups is 1. The predicted molar refractivity (Wildman–Crippen MR) is 121 cm³/mol. The first kappa shape index (κ1) is 21.7. The van der Waals surface area contributed by atoms with Gasteiger partial charge in [-0.2, -0.15) is 5.10 Å². The number of benzene rings is 2. The second-order valence-electron chi connectivity index (χ2n) is 7.53. The Bertz CT molecular complexity index is 893. The molecule has 1 amide bonds. The summed E-state index contributed by atoms with van der Waals surface area (Å²) >= 11 is 0. The SMILES string of the molecule is CCC1CCN(CCc2ccc(NC(C)=O)cc2)N=C1c1ccc(OC)c(OC)c1. The highest BCUT2D eigenvalue weighted by molar-refractivity contribution is 6.02. The number of carbonyl (C=O) groups is 1.